The quantitative estimate of drug-likeness (QED) is 0.803. The van der Waals surface area contributed by atoms with Gasteiger partial charge in [-0.15, -0.1) is 0 Å². The van der Waals surface area contributed by atoms with Gasteiger partial charge < -0.3 is 10.6 Å². The van der Waals surface area contributed by atoms with Crippen LogP contribution >= 0.6 is 0 Å². The number of nitrogens with two attached hydrogens (primary N) is 1. The summed E-state index contributed by atoms with van der Waals surface area (Å²) in [6.07, 6.45) is 3.65. The number of rotatable bonds is 1. The van der Waals surface area contributed by atoms with Crippen molar-refractivity contribution in [3.05, 3.63) is 35.1 Å². The number of nitrogens with zero attached hydrogens (tertiary/aromatic N) is 1. The number of halogens is 1. The van der Waals surface area contributed by atoms with Crippen LogP contribution in [0, 0.1) is 29.5 Å². The van der Waals surface area contributed by atoms with Gasteiger partial charge in [0.2, 0.25) is 0 Å². The average Bonchev–Trinajstić information content (AvgIpc) is 3.07. The van der Waals surface area contributed by atoms with E-state index in [1.807, 2.05) is 0 Å². The number of likely N-dealkylation sites (tertiary alicyclic amines) is 1. The minimum atomic E-state index is -0.477. The number of carbonyl (C=O) groups is 1. The van der Waals surface area contributed by atoms with Gasteiger partial charge in [0, 0.05) is 18.7 Å². The fourth-order valence-corrected chi connectivity index (χ4v) is 3.49. The highest BCUT2D eigenvalue weighted by atomic mass is 19.1. The van der Waals surface area contributed by atoms with Gasteiger partial charge in [0.05, 0.1) is 12.1 Å². The van der Waals surface area contributed by atoms with Gasteiger partial charge in [-0.2, -0.15) is 0 Å². The van der Waals surface area contributed by atoms with Gasteiger partial charge in [0.25, 0.3) is 5.91 Å². The Hall–Kier alpha value is -1.86. The maximum atomic E-state index is 14.0. The molecule has 4 heteroatoms. The second-order valence-electron chi connectivity index (χ2n) is 5.86. The van der Waals surface area contributed by atoms with Crippen LogP contribution in [0.3, 0.4) is 0 Å². The predicted octanol–water partition coefficient (Wildman–Crippen LogP) is 2.01. The Morgan fingerprint density at radius 3 is 2.71 bits per heavy atom. The Kier molecular flexibility index (Phi) is 3.94. The third-order valence-corrected chi connectivity index (χ3v) is 4.55. The number of hydrogen-bond acceptors (Lipinski definition) is 2. The highest BCUT2D eigenvalue weighted by Crippen LogP contribution is 2.38. The van der Waals surface area contributed by atoms with Crippen molar-refractivity contribution < 1.29 is 9.18 Å². The molecule has 3 nitrogen and oxygen atoms in total. The lowest BCUT2D eigenvalue weighted by molar-refractivity contribution is 0.0776. The monoisotopic (exact) mass is 286 g/mol. The third kappa shape index (κ3) is 2.79. The fraction of sp³-hybridized carbons (Fsp3) is 0.471. The molecule has 2 unspecified atom stereocenters. The van der Waals surface area contributed by atoms with Crippen LogP contribution in [0.2, 0.25) is 0 Å². The first kappa shape index (κ1) is 14.1. The molecule has 1 saturated carbocycles. The molecule has 2 atom stereocenters. The molecule has 1 amide bonds. The summed E-state index contributed by atoms with van der Waals surface area (Å²) in [6.45, 7) is 1.78. The maximum absolute atomic E-state index is 14.0. The Balaban J connectivity index is 1.81. The van der Waals surface area contributed by atoms with Gasteiger partial charge in [0.15, 0.2) is 0 Å². The van der Waals surface area contributed by atoms with E-state index in [9.17, 15) is 9.18 Å². The molecule has 110 valence electrons. The molecule has 1 aromatic carbocycles. The molecule has 2 aliphatic rings. The molecule has 0 bridgehead atoms. The van der Waals surface area contributed by atoms with Crippen LogP contribution < -0.4 is 5.73 Å². The van der Waals surface area contributed by atoms with Crippen molar-refractivity contribution in [2.75, 3.05) is 19.6 Å². The summed E-state index contributed by atoms with van der Waals surface area (Å²) in [5.74, 6) is 6.10. The SMILES string of the molecule is NCC#Cc1ccc(F)c(C(=O)N2CC3CCCC3C2)c1. The summed E-state index contributed by atoms with van der Waals surface area (Å²) in [5.41, 5.74) is 6.09. The molecule has 1 saturated heterocycles. The van der Waals surface area contributed by atoms with Crippen LogP contribution in [0.25, 0.3) is 0 Å². The molecule has 21 heavy (non-hydrogen) atoms. The Morgan fingerprint density at radius 2 is 2.05 bits per heavy atom. The molecular formula is C17H19FN2O. The standard InChI is InChI=1S/C17H19FN2O/c18-16-7-6-12(3-2-8-19)9-15(16)17(21)20-10-13-4-1-5-14(13)11-20/h6-7,9,13-14H,1,4-5,8,10-11,19H2. The summed E-state index contributed by atoms with van der Waals surface area (Å²) in [6, 6.07) is 4.42. The molecule has 1 aliphatic heterocycles. The van der Waals surface area contributed by atoms with E-state index < -0.39 is 5.82 Å². The zero-order valence-corrected chi connectivity index (χ0v) is 11.9. The predicted molar refractivity (Wildman–Crippen MR) is 79.1 cm³/mol. The molecule has 1 aliphatic carbocycles. The minimum Gasteiger partial charge on any atom is -0.338 e. The number of carbonyl (C=O) groups excluding carboxylic acids is 1. The first-order chi connectivity index (χ1) is 10.2. The van der Waals surface area contributed by atoms with E-state index in [1.165, 1.54) is 31.4 Å². The minimum absolute atomic E-state index is 0.124. The lowest BCUT2D eigenvalue weighted by Crippen LogP contribution is -2.30. The van der Waals surface area contributed by atoms with Crippen LogP contribution in [0.5, 0.6) is 0 Å². The molecule has 1 heterocycles. The van der Waals surface area contributed by atoms with Gasteiger partial charge in [0.1, 0.15) is 5.82 Å². The highest BCUT2D eigenvalue weighted by Gasteiger charge is 2.38. The van der Waals surface area contributed by atoms with Crippen molar-refractivity contribution in [3.8, 4) is 11.8 Å². The van der Waals surface area contributed by atoms with Crippen LogP contribution in [0.1, 0.15) is 35.2 Å². The van der Waals surface area contributed by atoms with Crippen LogP contribution in [0.4, 0.5) is 4.39 Å². The second kappa shape index (κ2) is 5.87. The Morgan fingerprint density at radius 1 is 1.33 bits per heavy atom. The molecule has 0 spiro atoms. The third-order valence-electron chi connectivity index (χ3n) is 4.55. The number of fused-ring (bicyclic) bond motifs is 1. The van der Waals surface area contributed by atoms with Crippen LogP contribution in [-0.4, -0.2) is 30.4 Å². The Bertz CT molecular complexity index is 605. The Labute approximate surface area is 124 Å². The zero-order chi connectivity index (χ0) is 14.8. The van der Waals surface area contributed by atoms with E-state index in [0.717, 1.165) is 13.1 Å². The van der Waals surface area contributed by atoms with Crippen molar-refractivity contribution in [3.63, 3.8) is 0 Å². The summed E-state index contributed by atoms with van der Waals surface area (Å²) in [7, 11) is 0. The highest BCUT2D eigenvalue weighted by molar-refractivity contribution is 5.95. The molecule has 0 radical (unpaired) electrons. The summed E-state index contributed by atoms with van der Waals surface area (Å²) >= 11 is 0. The molecule has 2 fully saturated rings. The zero-order valence-electron chi connectivity index (χ0n) is 11.9. The largest absolute Gasteiger partial charge is 0.338 e. The van der Waals surface area contributed by atoms with Gasteiger partial charge >= 0.3 is 0 Å². The number of amides is 1. The van der Waals surface area contributed by atoms with Crippen molar-refractivity contribution in [1.29, 1.82) is 0 Å². The van der Waals surface area contributed by atoms with Gasteiger partial charge in [-0.25, -0.2) is 4.39 Å². The lowest BCUT2D eigenvalue weighted by Gasteiger charge is -2.17. The molecule has 3 rings (SSSR count). The van der Waals surface area contributed by atoms with E-state index >= 15 is 0 Å². The number of hydrogen-bond donors (Lipinski definition) is 1. The first-order valence-electron chi connectivity index (χ1n) is 7.47. The maximum Gasteiger partial charge on any atom is 0.256 e. The summed E-state index contributed by atoms with van der Waals surface area (Å²) in [4.78, 5) is 14.3. The van der Waals surface area contributed by atoms with Crippen molar-refractivity contribution in [1.82, 2.24) is 4.90 Å². The summed E-state index contributed by atoms with van der Waals surface area (Å²) < 4.78 is 14.0. The second-order valence-corrected chi connectivity index (χ2v) is 5.86. The topological polar surface area (TPSA) is 46.3 Å². The molecule has 1 aromatic rings. The van der Waals surface area contributed by atoms with E-state index in [0.29, 0.717) is 17.4 Å². The average molecular weight is 286 g/mol. The van der Waals surface area contributed by atoms with Gasteiger partial charge in [-0.1, -0.05) is 18.3 Å². The van der Waals surface area contributed by atoms with Crippen LogP contribution in [0.15, 0.2) is 18.2 Å². The lowest BCUT2D eigenvalue weighted by atomic mass is 10.0. The molecule has 0 aromatic heterocycles. The van der Waals surface area contributed by atoms with Crippen LogP contribution in [-0.2, 0) is 0 Å². The van der Waals surface area contributed by atoms with E-state index in [1.54, 1.807) is 11.0 Å². The van der Waals surface area contributed by atoms with Crippen molar-refractivity contribution >= 4 is 5.91 Å². The van der Waals surface area contributed by atoms with Gasteiger partial charge in [-0.05, 0) is 42.9 Å². The normalized spacial score (nSPS) is 23.6. The first-order valence-corrected chi connectivity index (χ1v) is 7.47. The summed E-state index contributed by atoms with van der Waals surface area (Å²) in [5, 5.41) is 0. The van der Waals surface area contributed by atoms with E-state index in [-0.39, 0.29) is 18.0 Å². The fourth-order valence-electron chi connectivity index (χ4n) is 3.49. The van der Waals surface area contributed by atoms with Crippen molar-refractivity contribution in [2.24, 2.45) is 17.6 Å². The van der Waals surface area contributed by atoms with E-state index in [4.69, 9.17) is 5.73 Å². The van der Waals surface area contributed by atoms with Gasteiger partial charge in [-0.3, -0.25) is 4.79 Å². The molecule has 2 N–H and O–H groups in total. The van der Waals surface area contributed by atoms with E-state index in [2.05, 4.69) is 11.8 Å². The smallest absolute Gasteiger partial charge is 0.256 e. The molecular weight excluding hydrogens is 267 g/mol. The number of benzene rings is 1. The van der Waals surface area contributed by atoms with Crippen molar-refractivity contribution in [2.45, 2.75) is 19.3 Å².